The highest BCUT2D eigenvalue weighted by Crippen LogP contribution is 2.30. The quantitative estimate of drug-likeness (QED) is 0.823. The molecule has 0 unspecified atom stereocenters. The van der Waals surface area contributed by atoms with Crippen molar-refractivity contribution in [1.82, 2.24) is 4.98 Å². The second kappa shape index (κ2) is 7.66. The minimum atomic E-state index is -0.354. The van der Waals surface area contributed by atoms with Crippen molar-refractivity contribution in [3.8, 4) is 11.5 Å². The van der Waals surface area contributed by atoms with Crippen LogP contribution in [0.25, 0.3) is 0 Å². The third-order valence-corrected chi connectivity index (χ3v) is 3.11. The van der Waals surface area contributed by atoms with Crippen LogP contribution in [0.15, 0.2) is 36.5 Å². The molecule has 1 heterocycles. The van der Waals surface area contributed by atoms with Gasteiger partial charge in [0.05, 0.1) is 24.5 Å². The van der Waals surface area contributed by atoms with Crippen LogP contribution in [-0.2, 0) is 0 Å². The summed E-state index contributed by atoms with van der Waals surface area (Å²) < 4.78 is 11.0. The number of carbonyl (C=O) groups excluding carboxylic acids is 1. The van der Waals surface area contributed by atoms with Gasteiger partial charge in [0.2, 0.25) is 0 Å². The summed E-state index contributed by atoms with van der Waals surface area (Å²) in [5.41, 5.74) is 0.825. The lowest BCUT2D eigenvalue weighted by Crippen LogP contribution is -2.14. The van der Waals surface area contributed by atoms with Gasteiger partial charge in [-0.15, -0.1) is 0 Å². The molecule has 0 atom stereocenters. The molecule has 5 nitrogen and oxygen atoms in total. The van der Waals surface area contributed by atoms with Gasteiger partial charge in [0.15, 0.2) is 0 Å². The number of carbonyl (C=O) groups is 1. The first-order valence-electron chi connectivity index (χ1n) is 6.97. The van der Waals surface area contributed by atoms with E-state index in [1.807, 2.05) is 13.8 Å². The summed E-state index contributed by atoms with van der Waals surface area (Å²) in [4.78, 5) is 16.2. The van der Waals surface area contributed by atoms with E-state index in [0.29, 0.717) is 36.0 Å². The number of pyridine rings is 1. The lowest BCUT2D eigenvalue weighted by atomic mass is 10.2. The number of nitrogens with zero attached hydrogens (tertiary/aromatic N) is 1. The lowest BCUT2D eigenvalue weighted by molar-refractivity contribution is 0.102. The molecule has 1 aromatic heterocycles. The topological polar surface area (TPSA) is 60.5 Å². The maximum Gasteiger partial charge on any atom is 0.258 e. The Morgan fingerprint density at radius 2 is 2.00 bits per heavy atom. The van der Waals surface area contributed by atoms with E-state index < -0.39 is 0 Å². The Morgan fingerprint density at radius 1 is 1.23 bits per heavy atom. The fourth-order valence-electron chi connectivity index (χ4n) is 1.89. The maximum atomic E-state index is 12.3. The summed E-state index contributed by atoms with van der Waals surface area (Å²) in [6.07, 6.45) is 1.53. The van der Waals surface area contributed by atoms with Gasteiger partial charge in [0, 0.05) is 12.3 Å². The average molecular weight is 321 g/mol. The molecular weight excluding hydrogens is 304 g/mol. The van der Waals surface area contributed by atoms with Crippen molar-refractivity contribution in [1.29, 1.82) is 0 Å². The van der Waals surface area contributed by atoms with Gasteiger partial charge >= 0.3 is 0 Å². The molecule has 0 saturated carbocycles. The zero-order valence-electron chi connectivity index (χ0n) is 12.4. The van der Waals surface area contributed by atoms with Gasteiger partial charge in [-0.1, -0.05) is 11.6 Å². The summed E-state index contributed by atoms with van der Waals surface area (Å²) in [5, 5.41) is 2.93. The standard InChI is InChI=1S/C16H17ClN2O3/c1-3-21-11-7-8-14(22-4-2)13(10-11)19-16(20)12-6-5-9-18-15(12)17/h5-10H,3-4H2,1-2H3,(H,19,20). The molecule has 116 valence electrons. The molecule has 2 aromatic rings. The van der Waals surface area contributed by atoms with E-state index in [-0.39, 0.29) is 11.1 Å². The molecule has 2 rings (SSSR count). The van der Waals surface area contributed by atoms with Crippen molar-refractivity contribution >= 4 is 23.2 Å². The third kappa shape index (κ3) is 3.89. The Hall–Kier alpha value is -2.27. The monoisotopic (exact) mass is 320 g/mol. The molecule has 0 fully saturated rings. The van der Waals surface area contributed by atoms with Crippen LogP contribution in [0, 0.1) is 0 Å². The molecule has 1 amide bonds. The molecule has 0 aliphatic heterocycles. The second-order valence-electron chi connectivity index (χ2n) is 4.32. The first kappa shape index (κ1) is 16.1. The molecule has 0 bridgehead atoms. The molecule has 6 heteroatoms. The van der Waals surface area contributed by atoms with E-state index in [1.165, 1.54) is 6.20 Å². The van der Waals surface area contributed by atoms with Crippen molar-refractivity contribution in [2.75, 3.05) is 18.5 Å². The molecule has 0 saturated heterocycles. The Balaban J connectivity index is 2.28. The minimum absolute atomic E-state index is 0.152. The summed E-state index contributed by atoms with van der Waals surface area (Å²) in [7, 11) is 0. The van der Waals surface area contributed by atoms with E-state index in [9.17, 15) is 4.79 Å². The molecular formula is C16H17ClN2O3. The number of benzene rings is 1. The maximum absolute atomic E-state index is 12.3. The highest BCUT2D eigenvalue weighted by molar-refractivity contribution is 6.33. The lowest BCUT2D eigenvalue weighted by Gasteiger charge is -2.13. The molecule has 22 heavy (non-hydrogen) atoms. The average Bonchev–Trinajstić information content (AvgIpc) is 2.50. The smallest absolute Gasteiger partial charge is 0.258 e. The third-order valence-electron chi connectivity index (χ3n) is 2.81. The Labute approximate surface area is 134 Å². The van der Waals surface area contributed by atoms with Crippen molar-refractivity contribution < 1.29 is 14.3 Å². The van der Waals surface area contributed by atoms with Crippen LogP contribution in [0.5, 0.6) is 11.5 Å². The number of hydrogen-bond donors (Lipinski definition) is 1. The fourth-order valence-corrected chi connectivity index (χ4v) is 2.09. The Kier molecular flexibility index (Phi) is 5.61. The Morgan fingerprint density at radius 3 is 2.68 bits per heavy atom. The SMILES string of the molecule is CCOc1ccc(OCC)c(NC(=O)c2cccnc2Cl)c1. The molecule has 1 aromatic carbocycles. The van der Waals surface area contributed by atoms with Crippen molar-refractivity contribution in [2.24, 2.45) is 0 Å². The summed E-state index contributed by atoms with van der Waals surface area (Å²) in [5.74, 6) is 0.866. The number of hydrogen-bond acceptors (Lipinski definition) is 4. The zero-order valence-corrected chi connectivity index (χ0v) is 13.2. The molecule has 0 aliphatic rings. The van der Waals surface area contributed by atoms with Crippen LogP contribution in [0.1, 0.15) is 24.2 Å². The number of aromatic nitrogens is 1. The molecule has 0 aliphatic carbocycles. The fraction of sp³-hybridized carbons (Fsp3) is 0.250. The number of rotatable bonds is 6. The largest absolute Gasteiger partial charge is 0.494 e. The first-order chi connectivity index (χ1) is 10.7. The van der Waals surface area contributed by atoms with Gasteiger partial charge < -0.3 is 14.8 Å². The van der Waals surface area contributed by atoms with Gasteiger partial charge in [0.1, 0.15) is 16.7 Å². The van der Waals surface area contributed by atoms with Crippen LogP contribution < -0.4 is 14.8 Å². The van der Waals surface area contributed by atoms with Gasteiger partial charge in [0.25, 0.3) is 5.91 Å². The van der Waals surface area contributed by atoms with Crippen molar-refractivity contribution in [3.05, 3.63) is 47.2 Å². The van der Waals surface area contributed by atoms with Crippen LogP contribution in [-0.4, -0.2) is 24.1 Å². The van der Waals surface area contributed by atoms with E-state index in [4.69, 9.17) is 21.1 Å². The van der Waals surface area contributed by atoms with Crippen LogP contribution in [0.2, 0.25) is 5.15 Å². The second-order valence-corrected chi connectivity index (χ2v) is 4.68. The Bertz CT molecular complexity index is 662. The van der Waals surface area contributed by atoms with E-state index in [0.717, 1.165) is 0 Å². The first-order valence-corrected chi connectivity index (χ1v) is 7.35. The predicted octanol–water partition coefficient (Wildman–Crippen LogP) is 3.78. The summed E-state index contributed by atoms with van der Waals surface area (Å²) >= 11 is 5.94. The van der Waals surface area contributed by atoms with Gasteiger partial charge in [-0.3, -0.25) is 4.79 Å². The molecule has 0 spiro atoms. The number of ether oxygens (including phenoxy) is 2. The summed E-state index contributed by atoms with van der Waals surface area (Å²) in [6.45, 7) is 4.80. The van der Waals surface area contributed by atoms with Gasteiger partial charge in [-0.25, -0.2) is 4.98 Å². The van der Waals surface area contributed by atoms with Gasteiger partial charge in [-0.05, 0) is 38.1 Å². The number of nitrogens with one attached hydrogen (secondary N) is 1. The highest BCUT2D eigenvalue weighted by Gasteiger charge is 2.14. The normalized spacial score (nSPS) is 10.1. The number of halogens is 1. The highest BCUT2D eigenvalue weighted by atomic mass is 35.5. The number of amides is 1. The van der Waals surface area contributed by atoms with E-state index in [1.54, 1.807) is 30.3 Å². The zero-order chi connectivity index (χ0) is 15.9. The predicted molar refractivity (Wildman–Crippen MR) is 86.0 cm³/mol. The van der Waals surface area contributed by atoms with Crippen LogP contribution in [0.3, 0.4) is 0 Å². The van der Waals surface area contributed by atoms with Crippen LogP contribution >= 0.6 is 11.6 Å². The van der Waals surface area contributed by atoms with Gasteiger partial charge in [-0.2, -0.15) is 0 Å². The van der Waals surface area contributed by atoms with E-state index in [2.05, 4.69) is 10.3 Å². The van der Waals surface area contributed by atoms with E-state index >= 15 is 0 Å². The van der Waals surface area contributed by atoms with Crippen molar-refractivity contribution in [2.45, 2.75) is 13.8 Å². The molecule has 1 N–H and O–H groups in total. The van der Waals surface area contributed by atoms with Crippen molar-refractivity contribution in [3.63, 3.8) is 0 Å². The van der Waals surface area contributed by atoms with Crippen LogP contribution in [0.4, 0.5) is 5.69 Å². The number of anilines is 1. The minimum Gasteiger partial charge on any atom is -0.494 e. The molecule has 0 radical (unpaired) electrons. The summed E-state index contributed by atoms with van der Waals surface area (Å²) in [6, 6.07) is 8.53.